The number of amides is 3. The standard InChI is InChI=1S/C24H20Br2ClN3O6/c1-12(21(31)13-2-6-15(27)7-3-13)28(22(32)14-4-8-16(9-5-14)30(35)36)29-23(33)17-10-19(25)20(26)11-18(17)24(29)34/h2-9,12,17-20H,10-11H2,1H3/t12-,17-,18-,19-,20+/m1/s1. The number of hydrogen-bond donors (Lipinski definition) is 0. The van der Waals surface area contributed by atoms with Gasteiger partial charge in [0.25, 0.3) is 23.4 Å². The highest BCUT2D eigenvalue weighted by Crippen LogP contribution is 2.44. The second kappa shape index (κ2) is 10.4. The van der Waals surface area contributed by atoms with E-state index in [2.05, 4.69) is 31.9 Å². The van der Waals surface area contributed by atoms with E-state index in [1.54, 1.807) is 0 Å². The van der Waals surface area contributed by atoms with Gasteiger partial charge in [-0.3, -0.25) is 29.3 Å². The summed E-state index contributed by atoms with van der Waals surface area (Å²) in [5.41, 5.74) is 0.00368. The summed E-state index contributed by atoms with van der Waals surface area (Å²) in [6.07, 6.45) is 0.779. The van der Waals surface area contributed by atoms with Crippen LogP contribution in [0.3, 0.4) is 0 Å². The van der Waals surface area contributed by atoms with Crippen molar-refractivity contribution in [2.45, 2.75) is 35.5 Å². The number of rotatable bonds is 6. The van der Waals surface area contributed by atoms with Gasteiger partial charge in [0.1, 0.15) is 6.04 Å². The molecule has 1 aliphatic heterocycles. The summed E-state index contributed by atoms with van der Waals surface area (Å²) >= 11 is 13.0. The first-order valence-electron chi connectivity index (χ1n) is 11.0. The molecule has 2 aromatic carbocycles. The van der Waals surface area contributed by atoms with Crippen molar-refractivity contribution in [3.8, 4) is 0 Å². The van der Waals surface area contributed by atoms with E-state index in [9.17, 15) is 29.3 Å². The highest BCUT2D eigenvalue weighted by atomic mass is 79.9. The summed E-state index contributed by atoms with van der Waals surface area (Å²) in [6.45, 7) is 1.43. The lowest BCUT2D eigenvalue weighted by molar-refractivity contribution is -0.384. The second-order valence-corrected chi connectivity index (χ2v) is 11.5. The van der Waals surface area contributed by atoms with Crippen molar-refractivity contribution < 1.29 is 24.1 Å². The number of halogens is 3. The fraction of sp³-hybridized carbons (Fsp3) is 0.333. The van der Waals surface area contributed by atoms with Gasteiger partial charge in [0.2, 0.25) is 0 Å². The highest BCUT2D eigenvalue weighted by molar-refractivity contribution is 9.12. The van der Waals surface area contributed by atoms with Crippen LogP contribution in [0.1, 0.15) is 40.5 Å². The minimum Gasteiger partial charge on any atom is -0.292 e. The van der Waals surface area contributed by atoms with E-state index in [-0.39, 0.29) is 26.5 Å². The molecule has 2 fully saturated rings. The Bertz CT molecular complexity index is 1210. The Morgan fingerprint density at radius 3 is 1.92 bits per heavy atom. The average molecular weight is 642 g/mol. The van der Waals surface area contributed by atoms with Crippen molar-refractivity contribution in [3.63, 3.8) is 0 Å². The number of nitrogens with zero attached hydrogens (tertiary/aromatic N) is 3. The van der Waals surface area contributed by atoms with Crippen molar-refractivity contribution in [1.82, 2.24) is 10.0 Å². The van der Waals surface area contributed by atoms with Crippen molar-refractivity contribution >= 4 is 72.7 Å². The van der Waals surface area contributed by atoms with Crippen LogP contribution in [-0.2, 0) is 9.59 Å². The summed E-state index contributed by atoms with van der Waals surface area (Å²) in [5, 5.41) is 13.1. The molecule has 3 amide bonds. The van der Waals surface area contributed by atoms with Gasteiger partial charge in [-0.1, -0.05) is 43.5 Å². The minimum atomic E-state index is -1.23. The highest BCUT2D eigenvalue weighted by Gasteiger charge is 2.55. The van der Waals surface area contributed by atoms with Crippen LogP contribution in [0.25, 0.3) is 0 Å². The summed E-state index contributed by atoms with van der Waals surface area (Å²) in [7, 11) is 0. The van der Waals surface area contributed by atoms with Gasteiger partial charge in [0.05, 0.1) is 16.8 Å². The van der Waals surface area contributed by atoms with E-state index in [1.807, 2.05) is 0 Å². The smallest absolute Gasteiger partial charge is 0.273 e. The van der Waals surface area contributed by atoms with Crippen LogP contribution in [0.15, 0.2) is 48.5 Å². The lowest BCUT2D eigenvalue weighted by Gasteiger charge is -2.34. The van der Waals surface area contributed by atoms with Crippen molar-refractivity contribution in [2.24, 2.45) is 11.8 Å². The van der Waals surface area contributed by atoms with Gasteiger partial charge < -0.3 is 0 Å². The molecule has 1 aliphatic carbocycles. The molecule has 4 rings (SSSR count). The molecular weight excluding hydrogens is 622 g/mol. The predicted molar refractivity (Wildman–Crippen MR) is 138 cm³/mol. The Balaban J connectivity index is 1.74. The Hall–Kier alpha value is -2.63. The summed E-state index contributed by atoms with van der Waals surface area (Å²) < 4.78 is 0. The molecule has 0 N–H and O–H groups in total. The molecular formula is C24H20Br2ClN3O6. The van der Waals surface area contributed by atoms with E-state index in [4.69, 9.17) is 11.6 Å². The van der Waals surface area contributed by atoms with Crippen LogP contribution in [0.2, 0.25) is 5.02 Å². The number of alkyl halides is 2. The zero-order valence-electron chi connectivity index (χ0n) is 18.8. The average Bonchev–Trinajstić information content (AvgIpc) is 3.08. The lowest BCUT2D eigenvalue weighted by atomic mass is 9.81. The molecule has 0 spiro atoms. The number of non-ortho nitro benzene ring substituents is 1. The van der Waals surface area contributed by atoms with E-state index in [0.29, 0.717) is 17.9 Å². The SMILES string of the molecule is C[C@H](C(=O)c1ccc(Cl)cc1)N(C(=O)c1ccc([N+](=O)[O-])cc1)N1C(=O)[C@@H]2C[C@@H](Br)[C@@H](Br)C[C@H]2C1=O. The zero-order chi connectivity index (χ0) is 26.3. The number of Topliss-reactive ketones (excluding diaryl/α,β-unsaturated/α-hetero) is 1. The third-order valence-electron chi connectivity index (χ3n) is 6.51. The molecule has 2 aliphatic rings. The van der Waals surface area contributed by atoms with Crippen molar-refractivity contribution in [1.29, 1.82) is 0 Å². The Morgan fingerprint density at radius 1 is 0.972 bits per heavy atom. The van der Waals surface area contributed by atoms with Gasteiger partial charge in [-0.2, -0.15) is 5.01 Å². The number of carbonyl (C=O) groups is 4. The molecule has 2 aromatic rings. The molecule has 1 heterocycles. The largest absolute Gasteiger partial charge is 0.292 e. The number of nitro benzene ring substituents is 1. The fourth-order valence-electron chi connectivity index (χ4n) is 4.55. The number of imide groups is 1. The van der Waals surface area contributed by atoms with Crippen LogP contribution in [0.5, 0.6) is 0 Å². The number of carbonyl (C=O) groups excluding carboxylic acids is 4. The maximum atomic E-state index is 13.7. The van der Waals surface area contributed by atoms with Crippen LogP contribution in [0, 0.1) is 22.0 Å². The van der Waals surface area contributed by atoms with Gasteiger partial charge in [0, 0.05) is 37.9 Å². The third kappa shape index (κ3) is 4.83. The number of benzene rings is 2. The van der Waals surface area contributed by atoms with Crippen molar-refractivity contribution in [3.05, 3.63) is 74.8 Å². The Labute approximate surface area is 228 Å². The molecule has 36 heavy (non-hydrogen) atoms. The first-order chi connectivity index (χ1) is 17.0. The van der Waals surface area contributed by atoms with Gasteiger partial charge in [-0.05, 0) is 56.2 Å². The fourth-order valence-corrected chi connectivity index (χ4v) is 5.92. The molecule has 188 valence electrons. The van der Waals surface area contributed by atoms with E-state index in [0.717, 1.165) is 22.2 Å². The molecule has 0 unspecified atom stereocenters. The lowest BCUT2D eigenvalue weighted by Crippen LogP contribution is -2.56. The normalized spacial score (nSPS) is 24.3. The monoisotopic (exact) mass is 639 g/mol. The molecule has 1 saturated carbocycles. The third-order valence-corrected chi connectivity index (χ3v) is 9.50. The molecule has 0 aromatic heterocycles. The molecule has 0 bridgehead atoms. The number of nitro groups is 1. The first-order valence-corrected chi connectivity index (χ1v) is 13.3. The summed E-state index contributed by atoms with van der Waals surface area (Å²) in [5.74, 6) is -3.69. The van der Waals surface area contributed by atoms with Gasteiger partial charge >= 0.3 is 0 Å². The maximum absolute atomic E-state index is 13.7. The summed E-state index contributed by atoms with van der Waals surface area (Å²) in [6, 6.07) is 9.56. The zero-order valence-corrected chi connectivity index (χ0v) is 22.8. The van der Waals surface area contributed by atoms with Crippen molar-refractivity contribution in [2.75, 3.05) is 0 Å². The summed E-state index contributed by atoms with van der Waals surface area (Å²) in [4.78, 5) is 64.4. The molecule has 9 nitrogen and oxygen atoms in total. The van der Waals surface area contributed by atoms with Gasteiger partial charge in [0.15, 0.2) is 5.78 Å². The molecule has 0 radical (unpaired) electrons. The van der Waals surface area contributed by atoms with E-state index < -0.39 is 46.3 Å². The number of fused-ring (bicyclic) bond motifs is 1. The van der Waals surface area contributed by atoms with Crippen LogP contribution in [0.4, 0.5) is 5.69 Å². The van der Waals surface area contributed by atoms with Crippen LogP contribution < -0.4 is 0 Å². The molecule has 5 atom stereocenters. The topological polar surface area (TPSA) is 118 Å². The predicted octanol–water partition coefficient (Wildman–Crippen LogP) is 4.80. The van der Waals surface area contributed by atoms with E-state index >= 15 is 0 Å². The number of hydrogen-bond acceptors (Lipinski definition) is 6. The first kappa shape index (κ1) is 26.4. The molecule has 12 heteroatoms. The van der Waals surface area contributed by atoms with Gasteiger partial charge in [-0.25, -0.2) is 5.01 Å². The minimum absolute atomic E-state index is 0.0106. The van der Waals surface area contributed by atoms with Crippen LogP contribution in [-0.4, -0.2) is 54.1 Å². The van der Waals surface area contributed by atoms with E-state index in [1.165, 1.54) is 43.3 Å². The second-order valence-electron chi connectivity index (χ2n) is 8.71. The quantitative estimate of drug-likeness (QED) is 0.147. The van der Waals surface area contributed by atoms with Gasteiger partial charge in [-0.15, -0.1) is 0 Å². The molecule has 1 saturated heterocycles. The number of ketones is 1. The Morgan fingerprint density at radius 2 is 1.44 bits per heavy atom. The Kier molecular flexibility index (Phi) is 7.63. The van der Waals surface area contributed by atoms with Crippen LogP contribution >= 0.6 is 43.5 Å². The maximum Gasteiger partial charge on any atom is 0.273 e. The number of hydrazine groups is 1.